The molecule has 20 aliphatic carbocycles. The van der Waals surface area contributed by atoms with Gasteiger partial charge in [-0.15, -0.1) is 0 Å². The molecule has 12 saturated carbocycles. The Labute approximate surface area is 715 Å². The Balaban J connectivity index is 0.0000000960. The Bertz CT molecular complexity index is 4460. The minimum absolute atomic E-state index is 0.0487. The number of fused-ring (bicyclic) bond motifs is 29. The van der Waals surface area contributed by atoms with E-state index >= 15 is 0 Å². The van der Waals surface area contributed by atoms with Crippen LogP contribution >= 0.6 is 0 Å². The number of carbonyl (C=O) groups excluding carboxylic acids is 5. The number of hydrogen-bond donors (Lipinski definition) is 1. The van der Waals surface area contributed by atoms with Crippen LogP contribution in [0.25, 0.3) is 0 Å². The maximum Gasteiger partial charge on any atom is 0.303 e. The van der Waals surface area contributed by atoms with Gasteiger partial charge in [-0.3, -0.25) is 24.0 Å². The van der Waals surface area contributed by atoms with Crippen LogP contribution in [0.4, 0.5) is 0 Å². The summed E-state index contributed by atoms with van der Waals surface area (Å²) in [5.41, 5.74) is 8.11. The number of hydrogen-bond acceptors (Lipinski definition) is 15. The fourth-order valence-corrected chi connectivity index (χ4v) is 34.6. The molecular formula is C105H142O15. The molecular weight excluding hydrogens is 1500 g/mol. The molecule has 4 spiro atoms. The van der Waals surface area contributed by atoms with E-state index in [0.717, 1.165) is 155 Å². The van der Waals surface area contributed by atoms with Crippen LogP contribution in [0.1, 0.15) is 269 Å². The lowest BCUT2D eigenvalue weighted by Gasteiger charge is -2.57. The van der Waals surface area contributed by atoms with E-state index in [4.69, 9.17) is 42.6 Å². The van der Waals surface area contributed by atoms with Crippen LogP contribution in [0.3, 0.4) is 0 Å². The van der Waals surface area contributed by atoms with Gasteiger partial charge in [0, 0.05) is 106 Å². The summed E-state index contributed by atoms with van der Waals surface area (Å²) in [5, 5.41) is 10.0. The van der Waals surface area contributed by atoms with Crippen molar-refractivity contribution in [2.45, 2.75) is 304 Å². The Hall–Kier alpha value is -4.81. The molecule has 0 aromatic carbocycles. The maximum atomic E-state index is 12.3. The lowest BCUT2D eigenvalue weighted by molar-refractivity contribution is -0.241. The van der Waals surface area contributed by atoms with Crippen molar-refractivity contribution < 1.29 is 71.7 Å². The van der Waals surface area contributed by atoms with E-state index in [1.807, 2.05) is 24.3 Å². The monoisotopic (exact) mass is 1640 g/mol. The van der Waals surface area contributed by atoms with Gasteiger partial charge in [0.15, 0.2) is 40.5 Å². The largest absolute Gasteiger partial charge is 0.458 e. The molecule has 24 aliphatic rings. The van der Waals surface area contributed by atoms with Gasteiger partial charge in [0.2, 0.25) is 0 Å². The quantitative estimate of drug-likeness (QED) is 0.193. The van der Waals surface area contributed by atoms with Crippen molar-refractivity contribution >= 4 is 29.1 Å². The summed E-state index contributed by atoms with van der Waals surface area (Å²) >= 11 is 0. The summed E-state index contributed by atoms with van der Waals surface area (Å²) < 4.78 is 55.2. The van der Waals surface area contributed by atoms with Gasteiger partial charge >= 0.3 is 5.97 Å². The second-order valence-electron chi connectivity index (χ2n) is 45.1. The van der Waals surface area contributed by atoms with E-state index in [-0.39, 0.29) is 113 Å². The molecule has 0 bridgehead atoms. The van der Waals surface area contributed by atoms with Crippen LogP contribution in [-0.4, -0.2) is 122 Å². The zero-order valence-corrected chi connectivity index (χ0v) is 74.5. The van der Waals surface area contributed by atoms with E-state index < -0.39 is 0 Å². The molecule has 4 aliphatic heterocycles. The summed E-state index contributed by atoms with van der Waals surface area (Å²) in [7, 11) is 0. The van der Waals surface area contributed by atoms with E-state index in [9.17, 15) is 29.1 Å². The second-order valence-corrected chi connectivity index (χ2v) is 45.1. The number of rotatable bonds is 1. The molecule has 0 aromatic rings. The number of aliphatic hydroxyl groups is 1. The highest BCUT2D eigenvalue weighted by Crippen LogP contribution is 2.74. The molecule has 0 radical (unpaired) electrons. The molecule has 15 unspecified atom stereocenters. The van der Waals surface area contributed by atoms with Crippen LogP contribution in [0.2, 0.25) is 0 Å². The molecule has 15 nitrogen and oxygen atoms in total. The predicted molar refractivity (Wildman–Crippen MR) is 458 cm³/mol. The summed E-state index contributed by atoms with van der Waals surface area (Å²) in [6.07, 6.45) is 64.7. The first-order chi connectivity index (χ1) is 57.3. The highest BCUT2D eigenvalue weighted by molar-refractivity contribution is 6.02. The zero-order valence-electron chi connectivity index (χ0n) is 74.5. The van der Waals surface area contributed by atoms with Crippen molar-refractivity contribution in [3.05, 3.63) is 119 Å². The number of Topliss-reactive ketones (excluding diaryl/α,β-unsaturated/α-hetero) is 1. The Morgan fingerprint density at radius 1 is 0.358 bits per heavy atom. The molecule has 4 heterocycles. The van der Waals surface area contributed by atoms with Gasteiger partial charge in [0.25, 0.3) is 0 Å². The third kappa shape index (κ3) is 12.2. The number of aliphatic hydroxyl groups excluding tert-OH is 1. The number of allylic oxidation sites excluding steroid dienone is 16. The van der Waals surface area contributed by atoms with E-state index in [1.165, 1.54) is 131 Å². The van der Waals surface area contributed by atoms with Crippen LogP contribution in [0.5, 0.6) is 0 Å². The number of ketones is 4. The van der Waals surface area contributed by atoms with Crippen LogP contribution in [0.15, 0.2) is 119 Å². The first kappa shape index (κ1) is 83.4. The molecule has 1 N–H and O–H groups in total. The molecule has 0 amide bonds. The lowest BCUT2D eigenvalue weighted by atomic mass is 9.48. The van der Waals surface area contributed by atoms with Crippen molar-refractivity contribution in [3.63, 3.8) is 0 Å². The Morgan fingerprint density at radius 2 is 0.700 bits per heavy atom. The van der Waals surface area contributed by atoms with Gasteiger partial charge in [0.1, 0.15) is 11.9 Å². The van der Waals surface area contributed by atoms with Gasteiger partial charge in [0.05, 0.1) is 59.0 Å². The van der Waals surface area contributed by atoms with Crippen LogP contribution in [0, 0.1) is 143 Å². The van der Waals surface area contributed by atoms with Gasteiger partial charge in [-0.2, -0.15) is 0 Å². The molecule has 0 aromatic heterocycles. The van der Waals surface area contributed by atoms with Gasteiger partial charge in [-0.25, -0.2) is 0 Å². The highest BCUT2D eigenvalue weighted by Gasteiger charge is 2.72. The normalized spacial score (nSPS) is 49.0. The topological polar surface area (TPSA) is 189 Å². The van der Waals surface area contributed by atoms with Gasteiger partial charge in [-0.1, -0.05) is 152 Å². The Kier molecular flexibility index (Phi) is 20.6. The predicted octanol–water partition coefficient (Wildman–Crippen LogP) is 20.2. The first-order valence-electron chi connectivity index (χ1n) is 48.4. The van der Waals surface area contributed by atoms with Crippen LogP contribution in [-0.2, 0) is 66.6 Å². The van der Waals surface area contributed by atoms with Crippen molar-refractivity contribution in [2.75, 3.05) is 52.9 Å². The number of esters is 1. The third-order valence-electron chi connectivity index (χ3n) is 41.1. The van der Waals surface area contributed by atoms with E-state index in [0.29, 0.717) is 89.1 Å². The zero-order chi connectivity index (χ0) is 83.4. The van der Waals surface area contributed by atoms with Crippen molar-refractivity contribution in [2.24, 2.45) is 143 Å². The average molecular weight is 1640 g/mol. The lowest BCUT2D eigenvalue weighted by Crippen LogP contribution is -2.54. The first-order valence-corrected chi connectivity index (χ1v) is 48.4. The average Bonchev–Trinajstić information content (AvgIpc) is 1.54. The van der Waals surface area contributed by atoms with Gasteiger partial charge < -0.3 is 47.7 Å². The molecule has 652 valence electrons. The number of carbonyl (C=O) groups is 5. The smallest absolute Gasteiger partial charge is 0.303 e. The third-order valence-corrected chi connectivity index (χ3v) is 41.1. The molecule has 24 rings (SSSR count). The van der Waals surface area contributed by atoms with Crippen LogP contribution < -0.4 is 0 Å². The van der Waals surface area contributed by atoms with E-state index in [2.05, 4.69) is 124 Å². The molecule has 4 saturated heterocycles. The minimum atomic E-state index is -0.323. The fraction of sp³-hybridized carbons (Fsp3) is 0.762. The maximum absolute atomic E-state index is 12.3. The standard InChI is InChI=1S/C23H32O4.C21H30O3.2C21H28O3.C19H24O2/c1-15(24)27-17-6-9-21(2)16(14-17)4-5-18-19(21)7-10-22(3)20(18)8-11-23(22)25-12-13-26-23;3*1-19-8-5-15(22)13-14(19)3-4-16-17(19)6-9-20(2)18(16)7-10-21(20)23-11-12-24-21;1-18-9-7-13(20)11-12(18)3-4-14-15-5-6-17(21)19(15,2)10-8-16(14)18/h4,6,9,17-20H,5,7-8,10-14H2,1-3H3;3,5,8,15-18,22H,4,6-7,9-13H2,1-2H3;5,8,13,16-18H,3-4,6-7,9-12H2,1-2H3;3,5,8,16-18H,4,6-7,9-13H2,1-2H3;7,9,11,14-16H,3-6,8,10H2,1-2H3/t17-,18?,19?,20?,21-,22-;15-,16?,17?,18?,19-,20-;2*16?,17?,18?,19-,20-;14?,15?,16?,18-,19-/m00000/s1. The van der Waals surface area contributed by atoms with Crippen molar-refractivity contribution in [1.29, 1.82) is 0 Å². The fourth-order valence-electron chi connectivity index (χ4n) is 34.6. The van der Waals surface area contributed by atoms with Crippen molar-refractivity contribution in [1.82, 2.24) is 0 Å². The van der Waals surface area contributed by atoms with Gasteiger partial charge in [-0.05, 0) is 273 Å². The van der Waals surface area contributed by atoms with E-state index in [1.54, 1.807) is 12.2 Å². The highest BCUT2D eigenvalue weighted by atomic mass is 16.8. The van der Waals surface area contributed by atoms with Crippen molar-refractivity contribution in [3.8, 4) is 0 Å². The molecule has 27 atom stereocenters. The summed E-state index contributed by atoms with van der Waals surface area (Å²) in [5.74, 6) is 9.81. The molecule has 15 heteroatoms. The molecule has 120 heavy (non-hydrogen) atoms. The summed E-state index contributed by atoms with van der Waals surface area (Å²) in [6.45, 7) is 31.4. The molecule has 16 fully saturated rings. The second kappa shape index (κ2) is 29.6. The SMILES string of the molecule is CC(=O)O[C@H]1C=C[C@@]2(C)C(=CCC3C2CC[C@@]2(C)C3CCC23OCCO3)C1.C[C@]12C=CC(=O)C=C1CCC1C2CC[C@@]2(C)C1CCC21OCCO1.C[C@]12C=CC(=O)C=C1CCC1C2CC[C@]2(C)C(=O)CCC12.C[C@]12C=CC(=O)CC1=CCC1C2CC[C@@]2(C)C1CCC21OCCO1.C[C@]12C=C[C@H](O)CC1=CCC1C2CC[C@@]2(C)C1CCC21OCCO1. The number of ether oxygens (including phenoxy) is 9. The minimum Gasteiger partial charge on any atom is -0.458 e. The summed E-state index contributed by atoms with van der Waals surface area (Å²) in [4.78, 5) is 59.1. The summed E-state index contributed by atoms with van der Waals surface area (Å²) in [6, 6.07) is 0. The Morgan fingerprint density at radius 3 is 1.12 bits per heavy atom.